The topological polar surface area (TPSA) is 41.1 Å². The highest BCUT2D eigenvalue weighted by molar-refractivity contribution is 5.43. The molecule has 0 bridgehead atoms. The minimum absolute atomic E-state index is 0.579. The van der Waals surface area contributed by atoms with E-state index >= 15 is 0 Å². The Labute approximate surface area is 78.0 Å². The summed E-state index contributed by atoms with van der Waals surface area (Å²) in [5.41, 5.74) is 0.997. The van der Waals surface area contributed by atoms with Crippen molar-refractivity contribution in [1.82, 2.24) is 15.3 Å². The highest BCUT2D eigenvalue weighted by Gasteiger charge is 2.23. The minimum atomic E-state index is 0.579. The molecule has 0 saturated carbocycles. The Morgan fingerprint density at radius 1 is 1.38 bits per heavy atom. The zero-order chi connectivity index (χ0) is 9.26. The third-order valence-electron chi connectivity index (χ3n) is 2.50. The summed E-state index contributed by atoms with van der Waals surface area (Å²) in [4.78, 5) is 10.7. The van der Waals surface area contributed by atoms with Gasteiger partial charge in [0.15, 0.2) is 0 Å². The van der Waals surface area contributed by atoms with Gasteiger partial charge in [0.05, 0.1) is 11.7 Å². The number of hydrogen-bond acceptors (Lipinski definition) is 4. The smallest absolute Gasteiger partial charge is 0.150 e. The van der Waals surface area contributed by atoms with E-state index in [0.29, 0.717) is 6.04 Å². The van der Waals surface area contributed by atoms with Crippen molar-refractivity contribution < 1.29 is 0 Å². The fraction of sp³-hybridized carbons (Fsp3) is 0.556. The number of hydrogen-bond donors (Lipinski definition) is 1. The van der Waals surface area contributed by atoms with Crippen LogP contribution >= 0.6 is 0 Å². The van der Waals surface area contributed by atoms with Crippen LogP contribution in [0.4, 0.5) is 5.82 Å². The predicted molar refractivity (Wildman–Crippen MR) is 51.8 cm³/mol. The molecule has 0 atom stereocenters. The van der Waals surface area contributed by atoms with Gasteiger partial charge in [0.2, 0.25) is 0 Å². The molecule has 4 nitrogen and oxygen atoms in total. The Balaban J connectivity index is 2.18. The Morgan fingerprint density at radius 3 is 2.62 bits per heavy atom. The van der Waals surface area contributed by atoms with Gasteiger partial charge in [-0.25, -0.2) is 4.98 Å². The summed E-state index contributed by atoms with van der Waals surface area (Å²) < 4.78 is 0. The van der Waals surface area contributed by atoms with E-state index in [2.05, 4.69) is 27.2 Å². The van der Waals surface area contributed by atoms with Crippen LogP contribution < -0.4 is 10.2 Å². The van der Waals surface area contributed by atoms with Crippen molar-refractivity contribution in [2.75, 3.05) is 25.0 Å². The molecular weight excluding hydrogens is 164 g/mol. The summed E-state index contributed by atoms with van der Waals surface area (Å²) in [6.45, 7) is 4.09. The molecule has 2 heterocycles. The van der Waals surface area contributed by atoms with E-state index in [1.165, 1.54) is 0 Å². The van der Waals surface area contributed by atoms with Crippen LogP contribution in [0.3, 0.4) is 0 Å². The van der Waals surface area contributed by atoms with Crippen molar-refractivity contribution in [3.8, 4) is 0 Å². The molecule has 1 aromatic heterocycles. The second-order valence-corrected chi connectivity index (χ2v) is 3.39. The normalized spacial score (nSPS) is 16.8. The molecule has 1 aliphatic heterocycles. The molecule has 0 aliphatic carbocycles. The van der Waals surface area contributed by atoms with Gasteiger partial charge in [0, 0.05) is 32.5 Å². The predicted octanol–water partition coefficient (Wildman–Crippen LogP) is 0.193. The average molecular weight is 178 g/mol. The van der Waals surface area contributed by atoms with Crippen LogP contribution in [0.5, 0.6) is 0 Å². The van der Waals surface area contributed by atoms with Gasteiger partial charge in [-0.3, -0.25) is 4.98 Å². The summed E-state index contributed by atoms with van der Waals surface area (Å²) in [6, 6.07) is 0.579. The Hall–Kier alpha value is -1.16. The Morgan fingerprint density at radius 2 is 2.08 bits per heavy atom. The SMILES string of the molecule is Cc1nccnc1N(C)C1CNC1. The van der Waals surface area contributed by atoms with Crippen molar-refractivity contribution in [1.29, 1.82) is 0 Å². The molecule has 1 aliphatic rings. The molecule has 1 saturated heterocycles. The van der Waals surface area contributed by atoms with Crippen LogP contribution in [0.1, 0.15) is 5.69 Å². The van der Waals surface area contributed by atoms with E-state index in [-0.39, 0.29) is 0 Å². The van der Waals surface area contributed by atoms with Crippen molar-refractivity contribution in [3.05, 3.63) is 18.1 Å². The van der Waals surface area contributed by atoms with E-state index in [9.17, 15) is 0 Å². The van der Waals surface area contributed by atoms with Crippen molar-refractivity contribution in [3.63, 3.8) is 0 Å². The molecule has 4 heteroatoms. The van der Waals surface area contributed by atoms with Crippen LogP contribution in [-0.4, -0.2) is 36.1 Å². The second-order valence-electron chi connectivity index (χ2n) is 3.39. The lowest BCUT2D eigenvalue weighted by molar-refractivity contribution is 0.426. The Kier molecular flexibility index (Phi) is 2.14. The number of nitrogens with one attached hydrogen (secondary N) is 1. The van der Waals surface area contributed by atoms with Gasteiger partial charge in [0.25, 0.3) is 0 Å². The van der Waals surface area contributed by atoms with E-state index in [1.54, 1.807) is 12.4 Å². The van der Waals surface area contributed by atoms with Crippen molar-refractivity contribution in [2.24, 2.45) is 0 Å². The molecule has 1 N–H and O–H groups in total. The summed E-state index contributed by atoms with van der Waals surface area (Å²) in [6.07, 6.45) is 3.47. The zero-order valence-electron chi connectivity index (χ0n) is 7.99. The number of aromatic nitrogens is 2. The van der Waals surface area contributed by atoms with Crippen LogP contribution in [0.2, 0.25) is 0 Å². The Bertz CT molecular complexity index is 295. The molecule has 1 fully saturated rings. The molecule has 13 heavy (non-hydrogen) atoms. The second kappa shape index (κ2) is 3.30. The molecule has 0 radical (unpaired) electrons. The molecule has 2 rings (SSSR count). The lowest BCUT2D eigenvalue weighted by Crippen LogP contribution is -2.56. The molecule has 0 unspecified atom stereocenters. The van der Waals surface area contributed by atoms with Gasteiger partial charge in [-0.1, -0.05) is 0 Å². The van der Waals surface area contributed by atoms with Gasteiger partial charge in [0.1, 0.15) is 5.82 Å². The van der Waals surface area contributed by atoms with Crippen LogP contribution in [0.25, 0.3) is 0 Å². The molecule has 70 valence electrons. The maximum atomic E-state index is 4.32. The fourth-order valence-corrected chi connectivity index (χ4v) is 1.47. The monoisotopic (exact) mass is 178 g/mol. The van der Waals surface area contributed by atoms with Crippen LogP contribution in [-0.2, 0) is 0 Å². The maximum absolute atomic E-state index is 4.32. The van der Waals surface area contributed by atoms with Gasteiger partial charge in [-0.2, -0.15) is 0 Å². The first-order chi connectivity index (χ1) is 6.29. The first-order valence-corrected chi connectivity index (χ1v) is 4.50. The van der Waals surface area contributed by atoms with Crippen molar-refractivity contribution in [2.45, 2.75) is 13.0 Å². The number of nitrogens with zero attached hydrogens (tertiary/aromatic N) is 3. The van der Waals surface area contributed by atoms with Crippen molar-refractivity contribution >= 4 is 5.82 Å². The van der Waals surface area contributed by atoms with Gasteiger partial charge >= 0.3 is 0 Å². The lowest BCUT2D eigenvalue weighted by Gasteiger charge is -2.36. The highest BCUT2D eigenvalue weighted by Crippen LogP contribution is 2.16. The third-order valence-corrected chi connectivity index (χ3v) is 2.50. The van der Waals surface area contributed by atoms with E-state index < -0.39 is 0 Å². The van der Waals surface area contributed by atoms with Gasteiger partial charge < -0.3 is 10.2 Å². The van der Waals surface area contributed by atoms with Crippen LogP contribution in [0, 0.1) is 6.92 Å². The molecule has 1 aromatic rings. The fourth-order valence-electron chi connectivity index (χ4n) is 1.47. The van der Waals surface area contributed by atoms with Crippen LogP contribution in [0.15, 0.2) is 12.4 Å². The summed E-state index contributed by atoms with van der Waals surface area (Å²) in [5, 5.41) is 3.24. The summed E-state index contributed by atoms with van der Waals surface area (Å²) >= 11 is 0. The number of aryl methyl sites for hydroxylation is 1. The van der Waals surface area contributed by atoms with Gasteiger partial charge in [-0.15, -0.1) is 0 Å². The number of rotatable bonds is 2. The van der Waals surface area contributed by atoms with E-state index in [1.807, 2.05) is 6.92 Å². The lowest BCUT2D eigenvalue weighted by atomic mass is 10.1. The number of anilines is 1. The summed E-state index contributed by atoms with van der Waals surface area (Å²) in [7, 11) is 2.07. The largest absolute Gasteiger partial charge is 0.353 e. The van der Waals surface area contributed by atoms with E-state index in [0.717, 1.165) is 24.6 Å². The number of likely N-dealkylation sites (N-methyl/N-ethyl adjacent to an activating group) is 1. The molecule has 0 aromatic carbocycles. The first kappa shape index (κ1) is 8.44. The minimum Gasteiger partial charge on any atom is -0.353 e. The quantitative estimate of drug-likeness (QED) is 0.702. The molecular formula is C9H14N4. The third kappa shape index (κ3) is 1.49. The van der Waals surface area contributed by atoms with E-state index in [4.69, 9.17) is 0 Å². The first-order valence-electron chi connectivity index (χ1n) is 4.50. The standard InChI is InChI=1S/C9H14N4/c1-7-9(12-4-3-11-7)13(2)8-5-10-6-8/h3-4,8,10H,5-6H2,1-2H3. The molecule has 0 amide bonds. The average Bonchev–Trinajstić information content (AvgIpc) is 2.01. The maximum Gasteiger partial charge on any atom is 0.150 e. The molecule has 0 spiro atoms. The highest BCUT2D eigenvalue weighted by atomic mass is 15.3. The van der Waals surface area contributed by atoms with Gasteiger partial charge in [-0.05, 0) is 6.92 Å². The summed E-state index contributed by atoms with van der Waals surface area (Å²) in [5.74, 6) is 0.994. The zero-order valence-corrected chi connectivity index (χ0v) is 7.99.